The monoisotopic (exact) mass is 624 g/mol. The molecule has 2 N–H and O–H groups in total. The Morgan fingerprint density at radius 2 is 0.773 bits per heavy atom. The van der Waals surface area contributed by atoms with Crippen molar-refractivity contribution in [1.82, 2.24) is 0 Å². The normalized spacial score (nSPS) is 12.1. The van der Waals surface area contributed by atoms with Gasteiger partial charge in [-0.05, 0) is 44.4 Å². The van der Waals surface area contributed by atoms with E-state index in [1.54, 1.807) is 0 Å². The first-order valence-corrected chi connectivity index (χ1v) is 19.6. The Morgan fingerprint density at radius 1 is 0.432 bits per heavy atom. The van der Waals surface area contributed by atoms with E-state index in [0.717, 1.165) is 70.1 Å². The smallest absolute Gasteiger partial charge is 0.305 e. The molecule has 0 aromatic carbocycles. The quantitative estimate of drug-likeness (QED) is 0.0561. The first-order valence-electron chi connectivity index (χ1n) is 19.6. The minimum atomic E-state index is -0.0450. The van der Waals surface area contributed by atoms with Gasteiger partial charge in [-0.2, -0.15) is 0 Å². The maximum absolute atomic E-state index is 12.0. The Hall–Kier alpha value is -1.10. The predicted octanol–water partition coefficient (Wildman–Crippen LogP) is 11.8. The molecular weight excluding hydrogens is 546 g/mol. The van der Waals surface area contributed by atoms with Crippen molar-refractivity contribution in [3.8, 4) is 0 Å². The first kappa shape index (κ1) is 42.9. The molecule has 0 aromatic rings. The van der Waals surface area contributed by atoms with E-state index < -0.39 is 0 Å². The van der Waals surface area contributed by atoms with Crippen molar-refractivity contribution in [2.75, 3.05) is 13.2 Å². The molecule has 0 saturated heterocycles. The second-order valence-corrected chi connectivity index (χ2v) is 13.6. The molecule has 0 rings (SSSR count). The van der Waals surface area contributed by atoms with Crippen LogP contribution in [-0.2, 0) is 19.1 Å². The summed E-state index contributed by atoms with van der Waals surface area (Å²) in [6, 6.07) is 0.217. The number of carbonyl (C=O) groups excluding carboxylic acids is 2. The summed E-state index contributed by atoms with van der Waals surface area (Å²) in [6.45, 7) is 8.00. The Morgan fingerprint density at radius 3 is 1.23 bits per heavy atom. The molecule has 5 nitrogen and oxygen atoms in total. The van der Waals surface area contributed by atoms with Crippen LogP contribution in [0.1, 0.15) is 213 Å². The average molecular weight is 624 g/mol. The molecule has 262 valence electrons. The van der Waals surface area contributed by atoms with E-state index in [4.69, 9.17) is 15.2 Å². The summed E-state index contributed by atoms with van der Waals surface area (Å²) < 4.78 is 10.8. The van der Waals surface area contributed by atoms with E-state index in [1.807, 2.05) is 0 Å². The molecule has 0 amide bonds. The molecule has 0 heterocycles. The molecule has 5 heteroatoms. The zero-order valence-corrected chi connectivity index (χ0v) is 30.0. The highest BCUT2D eigenvalue weighted by Gasteiger charge is 2.09. The summed E-state index contributed by atoms with van der Waals surface area (Å²) in [5, 5.41) is 0. The highest BCUT2D eigenvalue weighted by atomic mass is 16.5. The lowest BCUT2D eigenvalue weighted by Crippen LogP contribution is -2.19. The van der Waals surface area contributed by atoms with E-state index in [0.29, 0.717) is 26.1 Å². The van der Waals surface area contributed by atoms with Gasteiger partial charge in [0.05, 0.1) is 13.2 Å². The third-order valence-corrected chi connectivity index (χ3v) is 9.12. The fraction of sp³-hybridized carbons (Fsp3) is 0.949. The number of unbranched alkanes of at least 4 members (excludes halogenated alkanes) is 17. The Kier molecular flexibility index (Phi) is 33.9. The number of hydrogen-bond acceptors (Lipinski definition) is 5. The zero-order valence-electron chi connectivity index (χ0n) is 30.0. The summed E-state index contributed by atoms with van der Waals surface area (Å²) in [5.74, 6) is 0.833. The van der Waals surface area contributed by atoms with Crippen molar-refractivity contribution in [1.29, 1.82) is 0 Å². The van der Waals surface area contributed by atoms with Gasteiger partial charge >= 0.3 is 11.9 Å². The lowest BCUT2D eigenvalue weighted by Gasteiger charge is -2.16. The van der Waals surface area contributed by atoms with Crippen LogP contribution in [0.5, 0.6) is 0 Å². The summed E-state index contributed by atoms with van der Waals surface area (Å²) in [7, 11) is 0. The van der Waals surface area contributed by atoms with Crippen LogP contribution in [0.15, 0.2) is 0 Å². The molecule has 0 aliphatic carbocycles. The number of esters is 2. The topological polar surface area (TPSA) is 78.6 Å². The highest BCUT2D eigenvalue weighted by Crippen LogP contribution is 2.23. The van der Waals surface area contributed by atoms with Crippen molar-refractivity contribution >= 4 is 11.9 Å². The molecule has 0 aliphatic heterocycles. The molecule has 0 bridgehead atoms. The van der Waals surface area contributed by atoms with Crippen molar-refractivity contribution in [3.05, 3.63) is 0 Å². The Labute approximate surface area is 274 Å². The van der Waals surface area contributed by atoms with E-state index in [2.05, 4.69) is 20.8 Å². The Bertz CT molecular complexity index is 603. The van der Waals surface area contributed by atoms with Crippen LogP contribution in [0.25, 0.3) is 0 Å². The van der Waals surface area contributed by atoms with Gasteiger partial charge in [0.15, 0.2) is 0 Å². The largest absolute Gasteiger partial charge is 0.466 e. The van der Waals surface area contributed by atoms with Crippen molar-refractivity contribution in [2.45, 2.75) is 219 Å². The average Bonchev–Trinajstić information content (AvgIpc) is 3.02. The second kappa shape index (κ2) is 34.8. The Balaban J connectivity index is 3.48. The number of carbonyl (C=O) groups is 2. The fourth-order valence-electron chi connectivity index (χ4n) is 6.09. The standard InChI is InChI=1S/C39H77NO4/c1-4-7-10-11-12-13-14-16-25-34-43-38(41)32-23-18-21-30-37(40)31-22-19-24-33-39(42)44-35-26-17-15-20-29-36(27-8-5-2)28-9-6-3/h36-37H,4-35,40H2,1-3H3. The molecule has 0 saturated carbocycles. The summed E-state index contributed by atoms with van der Waals surface area (Å²) >= 11 is 0. The van der Waals surface area contributed by atoms with Crippen LogP contribution in [0.3, 0.4) is 0 Å². The number of rotatable bonds is 35. The minimum Gasteiger partial charge on any atom is -0.466 e. The fourth-order valence-corrected chi connectivity index (χ4v) is 6.09. The molecule has 0 aliphatic rings. The van der Waals surface area contributed by atoms with Crippen molar-refractivity contribution in [2.24, 2.45) is 11.7 Å². The van der Waals surface area contributed by atoms with E-state index in [9.17, 15) is 9.59 Å². The molecule has 0 radical (unpaired) electrons. The molecule has 1 unspecified atom stereocenters. The van der Waals surface area contributed by atoms with Gasteiger partial charge in [-0.1, -0.05) is 162 Å². The van der Waals surface area contributed by atoms with Crippen LogP contribution in [0.2, 0.25) is 0 Å². The van der Waals surface area contributed by atoms with Gasteiger partial charge in [0, 0.05) is 18.9 Å². The van der Waals surface area contributed by atoms with Gasteiger partial charge in [0.1, 0.15) is 0 Å². The molecule has 0 fully saturated rings. The van der Waals surface area contributed by atoms with Gasteiger partial charge in [0.2, 0.25) is 0 Å². The molecule has 0 aromatic heterocycles. The van der Waals surface area contributed by atoms with Crippen LogP contribution < -0.4 is 5.73 Å². The number of hydrogen-bond donors (Lipinski definition) is 1. The van der Waals surface area contributed by atoms with E-state index >= 15 is 0 Å². The van der Waals surface area contributed by atoms with Gasteiger partial charge < -0.3 is 15.2 Å². The zero-order chi connectivity index (χ0) is 32.4. The van der Waals surface area contributed by atoms with Gasteiger partial charge in [-0.3, -0.25) is 9.59 Å². The summed E-state index contributed by atoms with van der Waals surface area (Å²) in [6.07, 6.45) is 34.8. The maximum Gasteiger partial charge on any atom is 0.305 e. The number of nitrogens with two attached hydrogens (primary N) is 1. The lowest BCUT2D eigenvalue weighted by atomic mass is 9.91. The van der Waals surface area contributed by atoms with Gasteiger partial charge in [-0.25, -0.2) is 0 Å². The lowest BCUT2D eigenvalue weighted by molar-refractivity contribution is -0.144. The molecule has 0 spiro atoms. The van der Waals surface area contributed by atoms with E-state index in [-0.39, 0.29) is 18.0 Å². The van der Waals surface area contributed by atoms with Crippen LogP contribution in [0, 0.1) is 5.92 Å². The highest BCUT2D eigenvalue weighted by molar-refractivity contribution is 5.69. The van der Waals surface area contributed by atoms with Crippen LogP contribution in [-0.4, -0.2) is 31.2 Å². The van der Waals surface area contributed by atoms with Gasteiger partial charge in [-0.15, -0.1) is 0 Å². The van der Waals surface area contributed by atoms with Gasteiger partial charge in [0.25, 0.3) is 0 Å². The second-order valence-electron chi connectivity index (χ2n) is 13.6. The molecule has 44 heavy (non-hydrogen) atoms. The minimum absolute atomic E-state index is 0.0415. The van der Waals surface area contributed by atoms with E-state index in [1.165, 1.54) is 116 Å². The third-order valence-electron chi connectivity index (χ3n) is 9.12. The maximum atomic E-state index is 12.0. The SMILES string of the molecule is CCCCCCCCCCCOC(=O)CCCCCC(N)CCCCCC(=O)OCCCCCCC(CCCC)CCCC. The van der Waals surface area contributed by atoms with Crippen molar-refractivity contribution < 1.29 is 19.1 Å². The first-order chi connectivity index (χ1) is 21.5. The van der Waals surface area contributed by atoms with Crippen LogP contribution in [0.4, 0.5) is 0 Å². The molecule has 1 atom stereocenters. The number of ether oxygens (including phenoxy) is 2. The molecular formula is C39H77NO4. The summed E-state index contributed by atoms with van der Waals surface area (Å²) in [4.78, 5) is 24.0. The third kappa shape index (κ3) is 32.3. The predicted molar refractivity (Wildman–Crippen MR) is 189 cm³/mol. The van der Waals surface area contributed by atoms with Crippen LogP contribution >= 0.6 is 0 Å². The van der Waals surface area contributed by atoms with Crippen molar-refractivity contribution in [3.63, 3.8) is 0 Å². The summed E-state index contributed by atoms with van der Waals surface area (Å²) in [5.41, 5.74) is 6.30.